The zero-order valence-electron chi connectivity index (χ0n) is 11.8. The van der Waals surface area contributed by atoms with Gasteiger partial charge in [-0.15, -0.1) is 0 Å². The van der Waals surface area contributed by atoms with Crippen molar-refractivity contribution in [3.63, 3.8) is 0 Å². The lowest BCUT2D eigenvalue weighted by atomic mass is 9.98. The minimum atomic E-state index is -1.19. The van der Waals surface area contributed by atoms with Crippen molar-refractivity contribution in [1.82, 2.24) is 10.3 Å². The van der Waals surface area contributed by atoms with Crippen molar-refractivity contribution in [3.8, 4) is 0 Å². The number of aromatic carboxylic acids is 1. The van der Waals surface area contributed by atoms with E-state index in [1.165, 1.54) is 18.2 Å². The van der Waals surface area contributed by atoms with Crippen LogP contribution in [0.25, 0.3) is 0 Å². The number of urea groups is 1. The molecule has 0 spiro atoms. The number of primary amides is 1. The molecule has 3 amide bonds. The Balaban J connectivity index is 2.88. The van der Waals surface area contributed by atoms with Crippen LogP contribution >= 0.6 is 0 Å². The fourth-order valence-electron chi connectivity index (χ4n) is 1.68. The Hall–Kier alpha value is -2.64. The minimum absolute atomic E-state index is 0.0967. The van der Waals surface area contributed by atoms with Crippen molar-refractivity contribution in [1.29, 1.82) is 0 Å². The summed E-state index contributed by atoms with van der Waals surface area (Å²) >= 11 is 0. The maximum Gasteiger partial charge on any atom is 0.354 e. The molecule has 1 aromatic heterocycles. The third kappa shape index (κ3) is 4.75. The van der Waals surface area contributed by atoms with Crippen LogP contribution in [0.4, 0.5) is 10.6 Å². The summed E-state index contributed by atoms with van der Waals surface area (Å²) in [6, 6.07) is 2.62. The number of anilines is 1. The second kappa shape index (κ2) is 7.22. The van der Waals surface area contributed by atoms with Crippen molar-refractivity contribution in [2.45, 2.75) is 26.3 Å². The molecule has 114 valence electrons. The lowest BCUT2D eigenvalue weighted by Crippen LogP contribution is -2.49. The second-order valence-electron chi connectivity index (χ2n) is 4.57. The van der Waals surface area contributed by atoms with Crippen molar-refractivity contribution in [2.75, 3.05) is 5.32 Å². The van der Waals surface area contributed by atoms with Crippen LogP contribution in [-0.4, -0.2) is 34.0 Å². The molecule has 0 radical (unpaired) electrons. The summed E-state index contributed by atoms with van der Waals surface area (Å²) in [6.45, 7) is 3.66. The predicted octanol–water partition coefficient (Wildman–Crippen LogP) is 0.801. The van der Waals surface area contributed by atoms with Crippen LogP contribution in [0.2, 0.25) is 0 Å². The summed E-state index contributed by atoms with van der Waals surface area (Å²) < 4.78 is 0. The summed E-state index contributed by atoms with van der Waals surface area (Å²) in [6.07, 6.45) is 0.654. The first-order chi connectivity index (χ1) is 9.85. The van der Waals surface area contributed by atoms with Crippen LogP contribution in [0.15, 0.2) is 18.2 Å². The first-order valence-electron chi connectivity index (χ1n) is 6.42. The summed E-state index contributed by atoms with van der Waals surface area (Å²) in [4.78, 5) is 37.7. The highest BCUT2D eigenvalue weighted by molar-refractivity contribution is 5.96. The van der Waals surface area contributed by atoms with Gasteiger partial charge >= 0.3 is 12.0 Å². The van der Waals surface area contributed by atoms with Gasteiger partial charge < -0.3 is 21.5 Å². The standard InChI is InChI=1S/C13H18N4O4/c1-3-7(2)10(17-13(14)21)11(18)16-9-6-4-5-8(15-9)12(19)20/h4-7,10H,3H2,1-2H3,(H,19,20)(H3,14,17,21)(H,15,16,18). The lowest BCUT2D eigenvalue weighted by Gasteiger charge is -2.22. The third-order valence-electron chi connectivity index (χ3n) is 3.01. The smallest absolute Gasteiger partial charge is 0.354 e. The van der Waals surface area contributed by atoms with E-state index >= 15 is 0 Å². The molecule has 0 bridgehead atoms. The van der Waals surface area contributed by atoms with Gasteiger partial charge in [-0.1, -0.05) is 26.3 Å². The first kappa shape index (κ1) is 16.4. The zero-order chi connectivity index (χ0) is 16.0. The number of nitrogens with one attached hydrogen (secondary N) is 2. The maximum atomic E-state index is 12.2. The fourth-order valence-corrected chi connectivity index (χ4v) is 1.68. The van der Waals surface area contributed by atoms with E-state index in [0.29, 0.717) is 6.42 Å². The maximum absolute atomic E-state index is 12.2. The van der Waals surface area contributed by atoms with Gasteiger partial charge in [-0.25, -0.2) is 14.6 Å². The van der Waals surface area contributed by atoms with Crippen LogP contribution in [-0.2, 0) is 4.79 Å². The van der Waals surface area contributed by atoms with E-state index in [0.717, 1.165) is 0 Å². The lowest BCUT2D eigenvalue weighted by molar-refractivity contribution is -0.119. The Morgan fingerprint density at radius 1 is 1.38 bits per heavy atom. The number of amides is 3. The highest BCUT2D eigenvalue weighted by Crippen LogP contribution is 2.11. The quantitative estimate of drug-likeness (QED) is 0.615. The summed E-state index contributed by atoms with van der Waals surface area (Å²) in [5, 5.41) is 13.7. The molecule has 0 saturated carbocycles. The molecule has 8 heteroatoms. The SMILES string of the molecule is CCC(C)C(NC(N)=O)C(=O)Nc1cccc(C(=O)O)n1. The van der Waals surface area contributed by atoms with E-state index in [-0.39, 0.29) is 17.4 Å². The van der Waals surface area contributed by atoms with Gasteiger partial charge in [-0.3, -0.25) is 4.79 Å². The van der Waals surface area contributed by atoms with E-state index in [1.54, 1.807) is 6.92 Å². The zero-order valence-corrected chi connectivity index (χ0v) is 11.8. The van der Waals surface area contributed by atoms with Crippen LogP contribution in [0, 0.1) is 5.92 Å². The van der Waals surface area contributed by atoms with E-state index in [4.69, 9.17) is 10.8 Å². The number of pyridine rings is 1. The van der Waals surface area contributed by atoms with E-state index in [1.807, 2.05) is 6.92 Å². The molecule has 5 N–H and O–H groups in total. The number of nitrogens with two attached hydrogens (primary N) is 1. The third-order valence-corrected chi connectivity index (χ3v) is 3.01. The van der Waals surface area contributed by atoms with Gasteiger partial charge in [-0.2, -0.15) is 0 Å². The molecule has 1 aromatic rings. The number of aromatic nitrogens is 1. The Morgan fingerprint density at radius 3 is 2.57 bits per heavy atom. The second-order valence-corrected chi connectivity index (χ2v) is 4.57. The molecule has 0 fully saturated rings. The number of carbonyl (C=O) groups is 3. The Kier molecular flexibility index (Phi) is 5.65. The van der Waals surface area contributed by atoms with Gasteiger partial charge in [0.1, 0.15) is 11.9 Å². The van der Waals surface area contributed by atoms with Gasteiger partial charge in [-0.05, 0) is 18.1 Å². The molecule has 0 aliphatic rings. The monoisotopic (exact) mass is 294 g/mol. The predicted molar refractivity (Wildman–Crippen MR) is 75.8 cm³/mol. The van der Waals surface area contributed by atoms with Crippen LogP contribution in [0.3, 0.4) is 0 Å². The molecule has 1 rings (SSSR count). The molecule has 0 aliphatic heterocycles. The minimum Gasteiger partial charge on any atom is -0.477 e. The number of nitrogens with zero attached hydrogens (tertiary/aromatic N) is 1. The molecule has 1 heterocycles. The molecule has 0 aliphatic carbocycles. The number of carboxylic acid groups (broad SMARTS) is 1. The molecule has 0 saturated heterocycles. The largest absolute Gasteiger partial charge is 0.477 e. The number of hydrogen-bond donors (Lipinski definition) is 4. The highest BCUT2D eigenvalue weighted by atomic mass is 16.4. The average Bonchev–Trinajstić information content (AvgIpc) is 2.43. The molecule has 8 nitrogen and oxygen atoms in total. The van der Waals surface area contributed by atoms with Gasteiger partial charge in [0.05, 0.1) is 0 Å². The normalized spacial score (nSPS) is 13.0. The van der Waals surface area contributed by atoms with E-state index in [9.17, 15) is 14.4 Å². The number of carbonyl (C=O) groups excluding carboxylic acids is 2. The molecule has 2 atom stereocenters. The van der Waals surface area contributed by atoms with Gasteiger partial charge in [0.2, 0.25) is 5.91 Å². The molecule has 21 heavy (non-hydrogen) atoms. The number of hydrogen-bond acceptors (Lipinski definition) is 4. The van der Waals surface area contributed by atoms with Crippen molar-refractivity contribution in [2.24, 2.45) is 11.7 Å². The van der Waals surface area contributed by atoms with Crippen molar-refractivity contribution >= 4 is 23.7 Å². The topological polar surface area (TPSA) is 134 Å². The molecular weight excluding hydrogens is 276 g/mol. The highest BCUT2D eigenvalue weighted by Gasteiger charge is 2.25. The Bertz CT molecular complexity index is 547. The van der Waals surface area contributed by atoms with Crippen LogP contribution in [0.1, 0.15) is 30.8 Å². The van der Waals surface area contributed by atoms with Gasteiger partial charge in [0.15, 0.2) is 5.69 Å². The Labute approximate surface area is 121 Å². The average molecular weight is 294 g/mol. The summed E-state index contributed by atoms with van der Waals surface area (Å²) in [5.74, 6) is -1.74. The molecular formula is C13H18N4O4. The molecule has 2 unspecified atom stereocenters. The fraction of sp³-hybridized carbons (Fsp3) is 0.385. The van der Waals surface area contributed by atoms with Crippen LogP contribution in [0.5, 0.6) is 0 Å². The number of carboxylic acids is 1. The van der Waals surface area contributed by atoms with E-state index in [2.05, 4.69) is 15.6 Å². The van der Waals surface area contributed by atoms with Crippen molar-refractivity contribution in [3.05, 3.63) is 23.9 Å². The van der Waals surface area contributed by atoms with Gasteiger partial charge in [0, 0.05) is 0 Å². The van der Waals surface area contributed by atoms with E-state index < -0.39 is 23.9 Å². The first-order valence-corrected chi connectivity index (χ1v) is 6.42. The summed E-state index contributed by atoms with van der Waals surface area (Å²) in [5.41, 5.74) is 4.87. The summed E-state index contributed by atoms with van der Waals surface area (Å²) in [7, 11) is 0. The van der Waals surface area contributed by atoms with Crippen LogP contribution < -0.4 is 16.4 Å². The van der Waals surface area contributed by atoms with Gasteiger partial charge in [0.25, 0.3) is 0 Å². The number of rotatable bonds is 6. The molecule has 0 aromatic carbocycles. The Morgan fingerprint density at radius 2 is 2.05 bits per heavy atom. The van der Waals surface area contributed by atoms with Crippen molar-refractivity contribution < 1.29 is 19.5 Å².